The van der Waals surface area contributed by atoms with Gasteiger partial charge in [0.25, 0.3) is 0 Å². The molecule has 0 unspecified atom stereocenters. The maximum atomic E-state index is 2.34. The first-order valence-corrected chi connectivity index (χ1v) is 8.24. The summed E-state index contributed by atoms with van der Waals surface area (Å²) in [6, 6.07) is 22.7. The van der Waals surface area contributed by atoms with Crippen LogP contribution < -0.4 is 5.19 Å². The number of hydrogen-bond donors (Lipinski definition) is 0. The highest BCUT2D eigenvalue weighted by atomic mass is 28.3. The third kappa shape index (κ3) is 5.18. The first-order chi connectivity index (χ1) is 7.30. The van der Waals surface area contributed by atoms with Crippen molar-refractivity contribution in [2.45, 2.75) is 13.1 Å². The van der Waals surface area contributed by atoms with E-state index < -0.39 is 8.80 Å². The lowest BCUT2D eigenvalue weighted by atomic mass is 10.4. The van der Waals surface area contributed by atoms with Gasteiger partial charge in [-0.05, 0) is 0 Å². The van der Waals surface area contributed by atoms with Crippen molar-refractivity contribution in [2.75, 3.05) is 0 Å². The van der Waals surface area contributed by atoms with Crippen LogP contribution in [0.5, 0.6) is 0 Å². The Labute approximate surface area is 94.2 Å². The van der Waals surface area contributed by atoms with Gasteiger partial charge in [-0.15, -0.1) is 0 Å². The Hall–Kier alpha value is -1.34. The second-order valence-electron chi connectivity index (χ2n) is 3.72. The molecule has 0 spiro atoms. The Morgan fingerprint density at radius 2 is 0.933 bits per heavy atom. The van der Waals surface area contributed by atoms with Gasteiger partial charge in [-0.25, -0.2) is 0 Å². The lowest BCUT2D eigenvalue weighted by molar-refractivity contribution is 1.72. The highest BCUT2D eigenvalue weighted by Gasteiger charge is 1.95. The topological polar surface area (TPSA) is 0 Å². The van der Waals surface area contributed by atoms with E-state index in [1.807, 2.05) is 36.4 Å². The molecular weight excluding hydrogens is 196 g/mol. The summed E-state index contributed by atoms with van der Waals surface area (Å²) in [6.45, 7) is 4.69. The van der Waals surface area contributed by atoms with Crippen LogP contribution in [-0.2, 0) is 0 Å². The summed E-state index contributed by atoms with van der Waals surface area (Å²) in [6.07, 6.45) is 0. The van der Waals surface area contributed by atoms with Crippen molar-refractivity contribution in [3.8, 4) is 0 Å². The van der Waals surface area contributed by atoms with Crippen molar-refractivity contribution < 1.29 is 0 Å². The standard InChI is InChI=1S/C8H12Si.C6H6/c1-9(2)8-6-4-3-5-7-8;1-2-4-6-5-3-1/h3-7,9H,1-2H3;1-6H. The fourth-order valence-corrected chi connectivity index (χ4v) is 2.21. The molecular formula is C14H18Si. The first kappa shape index (κ1) is 11.7. The van der Waals surface area contributed by atoms with Crippen LogP contribution >= 0.6 is 0 Å². The van der Waals surface area contributed by atoms with E-state index in [2.05, 4.69) is 43.4 Å². The van der Waals surface area contributed by atoms with Gasteiger partial charge in [-0.3, -0.25) is 0 Å². The average molecular weight is 214 g/mol. The molecule has 0 heterocycles. The molecule has 0 nitrogen and oxygen atoms in total. The number of benzene rings is 2. The quantitative estimate of drug-likeness (QED) is 0.640. The van der Waals surface area contributed by atoms with E-state index in [-0.39, 0.29) is 0 Å². The Morgan fingerprint density at radius 1 is 0.600 bits per heavy atom. The molecule has 0 radical (unpaired) electrons. The lowest BCUT2D eigenvalue weighted by Crippen LogP contribution is -2.21. The highest BCUT2D eigenvalue weighted by Crippen LogP contribution is 1.86. The summed E-state index contributed by atoms with van der Waals surface area (Å²) in [5.74, 6) is 0. The smallest absolute Gasteiger partial charge is 0.0647 e. The van der Waals surface area contributed by atoms with Gasteiger partial charge in [0.1, 0.15) is 0 Å². The van der Waals surface area contributed by atoms with Gasteiger partial charge >= 0.3 is 0 Å². The molecule has 0 N–H and O–H groups in total. The molecule has 0 fully saturated rings. The number of rotatable bonds is 1. The molecule has 0 saturated carbocycles. The van der Waals surface area contributed by atoms with Gasteiger partial charge in [0.2, 0.25) is 0 Å². The molecule has 1 heteroatoms. The van der Waals surface area contributed by atoms with E-state index in [1.54, 1.807) is 5.19 Å². The van der Waals surface area contributed by atoms with Gasteiger partial charge in [0.15, 0.2) is 0 Å². The van der Waals surface area contributed by atoms with Crippen LogP contribution in [0.15, 0.2) is 66.7 Å². The van der Waals surface area contributed by atoms with E-state index in [0.29, 0.717) is 0 Å². The van der Waals surface area contributed by atoms with Crippen molar-refractivity contribution in [1.82, 2.24) is 0 Å². The molecule has 2 aromatic rings. The van der Waals surface area contributed by atoms with Gasteiger partial charge in [-0.1, -0.05) is 85.0 Å². The fraction of sp³-hybridized carbons (Fsp3) is 0.143. The maximum Gasteiger partial charge on any atom is 0.0647 e. The van der Waals surface area contributed by atoms with Crippen LogP contribution in [0.2, 0.25) is 13.1 Å². The van der Waals surface area contributed by atoms with Crippen LogP contribution in [0.25, 0.3) is 0 Å². The second-order valence-corrected chi connectivity index (χ2v) is 6.70. The zero-order valence-corrected chi connectivity index (χ0v) is 10.6. The monoisotopic (exact) mass is 214 g/mol. The minimum absolute atomic E-state index is 0.529. The van der Waals surface area contributed by atoms with Crippen molar-refractivity contribution in [2.24, 2.45) is 0 Å². The second kappa shape index (κ2) is 7.02. The Kier molecular flexibility index (Phi) is 5.49. The summed E-state index contributed by atoms with van der Waals surface area (Å²) in [7, 11) is -0.529. The zero-order chi connectivity index (χ0) is 10.9. The SMILES string of the molecule is C[SiH](C)c1ccccc1.c1ccccc1. The number of hydrogen-bond acceptors (Lipinski definition) is 0. The van der Waals surface area contributed by atoms with Crippen molar-refractivity contribution >= 4 is 14.0 Å². The normalized spacial score (nSPS) is 9.27. The van der Waals surface area contributed by atoms with Gasteiger partial charge < -0.3 is 0 Å². The molecule has 0 aliphatic rings. The third-order valence-corrected chi connectivity index (χ3v) is 3.85. The van der Waals surface area contributed by atoms with Crippen LogP contribution in [0.3, 0.4) is 0 Å². The molecule has 78 valence electrons. The van der Waals surface area contributed by atoms with Crippen molar-refractivity contribution in [3.05, 3.63) is 66.7 Å². The average Bonchev–Trinajstić information content (AvgIpc) is 2.33. The van der Waals surface area contributed by atoms with Crippen LogP contribution in [0.1, 0.15) is 0 Å². The molecule has 0 aliphatic carbocycles. The maximum absolute atomic E-state index is 2.34. The van der Waals surface area contributed by atoms with Crippen LogP contribution in [0.4, 0.5) is 0 Å². The van der Waals surface area contributed by atoms with Gasteiger partial charge in [-0.2, -0.15) is 0 Å². The zero-order valence-electron chi connectivity index (χ0n) is 9.43. The lowest BCUT2D eigenvalue weighted by Gasteiger charge is -1.99. The fourth-order valence-electron chi connectivity index (χ4n) is 1.22. The summed E-state index contributed by atoms with van der Waals surface area (Å²) >= 11 is 0. The molecule has 0 aromatic heterocycles. The highest BCUT2D eigenvalue weighted by molar-refractivity contribution is 6.70. The molecule has 0 atom stereocenters. The molecule has 0 bridgehead atoms. The Morgan fingerprint density at radius 3 is 1.20 bits per heavy atom. The van der Waals surface area contributed by atoms with E-state index in [9.17, 15) is 0 Å². The summed E-state index contributed by atoms with van der Waals surface area (Å²) in [4.78, 5) is 0. The predicted octanol–water partition coefficient (Wildman–Crippen LogP) is 3.07. The summed E-state index contributed by atoms with van der Waals surface area (Å²) in [5, 5.41) is 1.55. The first-order valence-electron chi connectivity index (χ1n) is 5.35. The molecule has 15 heavy (non-hydrogen) atoms. The molecule has 0 saturated heterocycles. The summed E-state index contributed by atoms with van der Waals surface area (Å²) < 4.78 is 0. The van der Waals surface area contributed by atoms with E-state index in [0.717, 1.165) is 0 Å². The van der Waals surface area contributed by atoms with E-state index in [4.69, 9.17) is 0 Å². The minimum atomic E-state index is -0.529. The molecule has 0 amide bonds. The largest absolute Gasteiger partial charge is 0.0682 e. The Balaban J connectivity index is 0.000000162. The minimum Gasteiger partial charge on any atom is -0.0682 e. The Bertz CT molecular complexity index is 314. The molecule has 2 rings (SSSR count). The molecule has 0 aliphatic heterocycles. The van der Waals surface area contributed by atoms with Crippen molar-refractivity contribution in [1.29, 1.82) is 0 Å². The van der Waals surface area contributed by atoms with Crippen LogP contribution in [-0.4, -0.2) is 8.80 Å². The summed E-state index contributed by atoms with van der Waals surface area (Å²) in [5.41, 5.74) is 0. The van der Waals surface area contributed by atoms with Gasteiger partial charge in [0.05, 0.1) is 8.80 Å². The molecule has 2 aromatic carbocycles. The third-order valence-electron chi connectivity index (χ3n) is 2.13. The van der Waals surface area contributed by atoms with Crippen LogP contribution in [0, 0.1) is 0 Å². The van der Waals surface area contributed by atoms with Gasteiger partial charge in [0, 0.05) is 0 Å². The van der Waals surface area contributed by atoms with E-state index >= 15 is 0 Å². The van der Waals surface area contributed by atoms with E-state index in [1.165, 1.54) is 0 Å². The van der Waals surface area contributed by atoms with Crippen molar-refractivity contribution in [3.63, 3.8) is 0 Å². The predicted molar refractivity (Wildman–Crippen MR) is 71.4 cm³/mol.